The average Bonchev–Trinajstić information content (AvgIpc) is 3.06. The number of nitrogen functional groups attached to an aromatic ring is 1. The fourth-order valence-electron chi connectivity index (χ4n) is 2.88. The average molecular weight is 368 g/mol. The van der Waals surface area contributed by atoms with Crippen molar-refractivity contribution in [3.05, 3.63) is 47.2 Å². The van der Waals surface area contributed by atoms with E-state index in [0.717, 1.165) is 35.7 Å². The first kappa shape index (κ1) is 18.6. The maximum Gasteiger partial charge on any atom is 0.240 e. The van der Waals surface area contributed by atoms with Crippen molar-refractivity contribution in [1.82, 2.24) is 24.7 Å². The smallest absolute Gasteiger partial charge is 0.240 e. The Kier molecular flexibility index (Phi) is 5.54. The molecule has 0 radical (unpaired) electrons. The van der Waals surface area contributed by atoms with Crippen molar-refractivity contribution in [3.8, 4) is 17.3 Å². The summed E-state index contributed by atoms with van der Waals surface area (Å²) in [5, 5.41) is 4.32. The Balaban J connectivity index is 1.86. The third kappa shape index (κ3) is 4.16. The molecule has 0 bridgehead atoms. The third-order valence-electron chi connectivity index (χ3n) is 4.20. The van der Waals surface area contributed by atoms with Crippen molar-refractivity contribution in [1.29, 1.82) is 0 Å². The van der Waals surface area contributed by atoms with Crippen LogP contribution in [0.5, 0.6) is 11.5 Å². The Hall–Kier alpha value is -3.16. The predicted molar refractivity (Wildman–Crippen MR) is 102 cm³/mol. The summed E-state index contributed by atoms with van der Waals surface area (Å²) in [5.41, 5.74) is 7.85. The van der Waals surface area contributed by atoms with Gasteiger partial charge in [0.2, 0.25) is 5.95 Å². The van der Waals surface area contributed by atoms with Gasteiger partial charge >= 0.3 is 0 Å². The number of benzene rings is 1. The van der Waals surface area contributed by atoms with Crippen LogP contribution in [-0.4, -0.2) is 39.0 Å². The fraction of sp³-hybridized carbons (Fsp3) is 0.368. The number of hydrogen-bond donors (Lipinski definition) is 1. The van der Waals surface area contributed by atoms with Gasteiger partial charge in [-0.25, -0.2) is 9.97 Å². The summed E-state index contributed by atoms with van der Waals surface area (Å²) in [6.45, 7) is 3.96. The molecule has 0 aliphatic heterocycles. The summed E-state index contributed by atoms with van der Waals surface area (Å²) >= 11 is 0. The zero-order chi connectivity index (χ0) is 19.4. The van der Waals surface area contributed by atoms with E-state index < -0.39 is 0 Å². The predicted octanol–water partition coefficient (Wildman–Crippen LogP) is 2.31. The minimum Gasteiger partial charge on any atom is -0.493 e. The lowest BCUT2D eigenvalue weighted by Gasteiger charge is -2.10. The second-order valence-electron chi connectivity index (χ2n) is 6.12. The zero-order valence-corrected chi connectivity index (χ0v) is 16.1. The van der Waals surface area contributed by atoms with E-state index in [1.807, 2.05) is 38.1 Å². The highest BCUT2D eigenvalue weighted by Gasteiger charge is 2.13. The molecule has 0 aliphatic carbocycles. The monoisotopic (exact) mass is 368 g/mol. The normalized spacial score (nSPS) is 10.8. The van der Waals surface area contributed by atoms with Crippen LogP contribution in [0.3, 0.4) is 0 Å². The van der Waals surface area contributed by atoms with Crippen molar-refractivity contribution < 1.29 is 9.47 Å². The largest absolute Gasteiger partial charge is 0.493 e. The van der Waals surface area contributed by atoms with Crippen molar-refractivity contribution in [3.63, 3.8) is 0 Å². The molecule has 2 aromatic heterocycles. The van der Waals surface area contributed by atoms with E-state index in [4.69, 9.17) is 15.2 Å². The molecule has 0 atom stereocenters. The first-order chi connectivity index (χ1) is 13.0. The van der Waals surface area contributed by atoms with Crippen LogP contribution in [0.1, 0.15) is 29.8 Å². The van der Waals surface area contributed by atoms with Gasteiger partial charge in [0.15, 0.2) is 17.3 Å². The van der Waals surface area contributed by atoms with E-state index in [9.17, 15) is 0 Å². The first-order valence-corrected chi connectivity index (χ1v) is 8.81. The molecule has 27 heavy (non-hydrogen) atoms. The molecule has 3 rings (SSSR count). The van der Waals surface area contributed by atoms with Crippen LogP contribution in [0.4, 0.5) is 5.95 Å². The summed E-state index contributed by atoms with van der Waals surface area (Å²) in [6.07, 6.45) is 2.16. The summed E-state index contributed by atoms with van der Waals surface area (Å²) in [6, 6.07) is 7.75. The number of hydrogen-bond acceptors (Lipinski definition) is 7. The highest BCUT2D eigenvalue weighted by Crippen LogP contribution is 2.28. The molecular formula is C19H24N6O2. The number of ether oxygens (including phenoxy) is 2. The molecule has 0 unspecified atom stereocenters. The highest BCUT2D eigenvalue weighted by molar-refractivity contribution is 5.43. The summed E-state index contributed by atoms with van der Waals surface area (Å²) in [5.74, 6) is 3.84. The summed E-state index contributed by atoms with van der Waals surface area (Å²) in [4.78, 5) is 13.3. The fourth-order valence-corrected chi connectivity index (χ4v) is 2.88. The molecule has 8 heteroatoms. The van der Waals surface area contributed by atoms with Crippen molar-refractivity contribution >= 4 is 5.95 Å². The second-order valence-corrected chi connectivity index (χ2v) is 6.12. The SMILES string of the molecule is CCc1nc(C)cc(-n2nc(N)nc2CCc2ccc(OC)c(OC)c2)n1. The minimum absolute atomic E-state index is 0.228. The number of methoxy groups -OCH3 is 2. The van der Waals surface area contributed by atoms with Gasteiger partial charge in [0.1, 0.15) is 11.6 Å². The maximum absolute atomic E-state index is 5.85. The molecule has 0 saturated heterocycles. The van der Waals surface area contributed by atoms with E-state index in [1.165, 1.54) is 0 Å². The van der Waals surface area contributed by atoms with Gasteiger partial charge in [-0.2, -0.15) is 9.67 Å². The number of aryl methyl sites for hydroxylation is 4. The molecular weight excluding hydrogens is 344 g/mol. The van der Waals surface area contributed by atoms with Gasteiger partial charge in [-0.3, -0.25) is 0 Å². The summed E-state index contributed by atoms with van der Waals surface area (Å²) < 4.78 is 12.4. The number of rotatable bonds is 7. The highest BCUT2D eigenvalue weighted by atomic mass is 16.5. The Labute approximate surface area is 158 Å². The van der Waals surface area contributed by atoms with Crippen LogP contribution >= 0.6 is 0 Å². The Morgan fingerprint density at radius 3 is 2.48 bits per heavy atom. The van der Waals surface area contributed by atoms with Crippen LogP contribution in [0.25, 0.3) is 5.82 Å². The number of nitrogens with two attached hydrogens (primary N) is 1. The minimum atomic E-state index is 0.228. The topological polar surface area (TPSA) is 101 Å². The van der Waals surface area contributed by atoms with Crippen molar-refractivity contribution in [2.45, 2.75) is 33.1 Å². The van der Waals surface area contributed by atoms with Crippen molar-refractivity contribution in [2.75, 3.05) is 20.0 Å². The van der Waals surface area contributed by atoms with E-state index >= 15 is 0 Å². The maximum atomic E-state index is 5.85. The lowest BCUT2D eigenvalue weighted by atomic mass is 10.1. The van der Waals surface area contributed by atoms with Crippen molar-refractivity contribution in [2.24, 2.45) is 0 Å². The molecule has 1 aromatic carbocycles. The van der Waals surface area contributed by atoms with Gasteiger partial charge in [0.05, 0.1) is 14.2 Å². The molecule has 8 nitrogen and oxygen atoms in total. The molecule has 0 spiro atoms. The Morgan fingerprint density at radius 2 is 1.78 bits per heavy atom. The van der Waals surface area contributed by atoms with Gasteiger partial charge in [-0.1, -0.05) is 13.0 Å². The van der Waals surface area contributed by atoms with Crippen LogP contribution in [0.2, 0.25) is 0 Å². The van der Waals surface area contributed by atoms with E-state index in [1.54, 1.807) is 18.9 Å². The van der Waals surface area contributed by atoms with Crippen LogP contribution in [0.15, 0.2) is 24.3 Å². The molecule has 3 aromatic rings. The molecule has 0 fully saturated rings. The van der Waals surface area contributed by atoms with Crippen LogP contribution in [-0.2, 0) is 19.3 Å². The zero-order valence-electron chi connectivity index (χ0n) is 16.1. The molecule has 0 saturated carbocycles. The lowest BCUT2D eigenvalue weighted by molar-refractivity contribution is 0.354. The number of aromatic nitrogens is 5. The molecule has 2 N–H and O–H groups in total. The van der Waals surface area contributed by atoms with Gasteiger partial charge in [-0.15, -0.1) is 5.10 Å². The quantitative estimate of drug-likeness (QED) is 0.683. The molecule has 142 valence electrons. The standard InChI is InChI=1S/C19H24N6O2/c1-5-16-21-12(2)10-18(22-16)25-17(23-19(20)24-25)9-7-13-6-8-14(26-3)15(11-13)27-4/h6,8,10-11H,5,7,9H2,1-4H3,(H2,20,24). The summed E-state index contributed by atoms with van der Waals surface area (Å²) in [7, 11) is 3.25. The number of nitrogens with zero attached hydrogens (tertiary/aromatic N) is 5. The molecule has 0 aliphatic rings. The van der Waals surface area contributed by atoms with Gasteiger partial charge in [0, 0.05) is 24.6 Å². The Morgan fingerprint density at radius 1 is 1.00 bits per heavy atom. The first-order valence-electron chi connectivity index (χ1n) is 8.81. The second kappa shape index (κ2) is 8.03. The Bertz CT molecular complexity index is 938. The third-order valence-corrected chi connectivity index (χ3v) is 4.20. The van der Waals surface area contributed by atoms with E-state index in [0.29, 0.717) is 23.7 Å². The van der Waals surface area contributed by atoms with Gasteiger partial charge in [-0.05, 0) is 31.0 Å². The van der Waals surface area contributed by atoms with Crippen LogP contribution in [0, 0.1) is 6.92 Å². The van der Waals surface area contributed by atoms with E-state index in [2.05, 4.69) is 20.1 Å². The van der Waals surface area contributed by atoms with Gasteiger partial charge < -0.3 is 15.2 Å². The molecule has 2 heterocycles. The van der Waals surface area contributed by atoms with E-state index in [-0.39, 0.29) is 5.95 Å². The van der Waals surface area contributed by atoms with Crippen LogP contribution < -0.4 is 15.2 Å². The lowest BCUT2D eigenvalue weighted by Crippen LogP contribution is -2.09. The molecule has 0 amide bonds. The van der Waals surface area contributed by atoms with Gasteiger partial charge in [0.25, 0.3) is 0 Å². The number of anilines is 1.